The van der Waals surface area contributed by atoms with E-state index in [0.29, 0.717) is 11.5 Å². The van der Waals surface area contributed by atoms with E-state index in [4.69, 9.17) is 4.42 Å². The number of methoxy groups -OCH3 is 1. The van der Waals surface area contributed by atoms with E-state index in [0.717, 1.165) is 31.2 Å². The highest BCUT2D eigenvalue weighted by molar-refractivity contribution is 7.98. The topological polar surface area (TPSA) is 78.1 Å². The standard InChI is InChI=1S/C19H15N3O3S3/c1-11-17(28-18(20-11)15-4-3-9-26-15)13-6-8-16(22-21-13)27-10-12-5-7-14(25-12)19(23)24-2/h3-9H,10H2,1-2H3. The Kier molecular flexibility index (Phi) is 5.56. The molecular weight excluding hydrogens is 414 g/mol. The van der Waals surface area contributed by atoms with Crippen molar-refractivity contribution < 1.29 is 13.9 Å². The van der Waals surface area contributed by atoms with Crippen molar-refractivity contribution in [3.8, 4) is 20.5 Å². The molecule has 0 amide bonds. The lowest BCUT2D eigenvalue weighted by atomic mass is 10.3. The van der Waals surface area contributed by atoms with Crippen molar-refractivity contribution in [3.63, 3.8) is 0 Å². The molecule has 0 saturated carbocycles. The van der Waals surface area contributed by atoms with E-state index < -0.39 is 5.97 Å². The molecule has 0 spiro atoms. The van der Waals surface area contributed by atoms with Crippen LogP contribution >= 0.6 is 34.4 Å². The third kappa shape index (κ3) is 4.01. The van der Waals surface area contributed by atoms with Crippen molar-refractivity contribution in [3.05, 3.63) is 59.0 Å². The van der Waals surface area contributed by atoms with Crippen LogP contribution in [0.1, 0.15) is 22.0 Å². The number of esters is 1. The van der Waals surface area contributed by atoms with E-state index >= 15 is 0 Å². The van der Waals surface area contributed by atoms with E-state index in [-0.39, 0.29) is 5.76 Å². The number of rotatable bonds is 6. The van der Waals surface area contributed by atoms with Crippen LogP contribution in [0.4, 0.5) is 0 Å². The van der Waals surface area contributed by atoms with Crippen LogP contribution < -0.4 is 0 Å². The number of furan rings is 1. The van der Waals surface area contributed by atoms with Gasteiger partial charge in [-0.25, -0.2) is 9.78 Å². The first-order chi connectivity index (χ1) is 13.6. The Balaban J connectivity index is 1.44. The summed E-state index contributed by atoms with van der Waals surface area (Å²) in [6, 6.07) is 11.3. The lowest BCUT2D eigenvalue weighted by molar-refractivity contribution is 0.0563. The fourth-order valence-electron chi connectivity index (χ4n) is 2.47. The molecule has 0 aliphatic rings. The minimum atomic E-state index is -0.484. The predicted molar refractivity (Wildman–Crippen MR) is 111 cm³/mol. The normalized spacial score (nSPS) is 10.9. The van der Waals surface area contributed by atoms with Crippen LogP contribution in [0.3, 0.4) is 0 Å². The van der Waals surface area contributed by atoms with Gasteiger partial charge in [-0.3, -0.25) is 0 Å². The van der Waals surface area contributed by atoms with Crippen molar-refractivity contribution >= 4 is 40.4 Å². The summed E-state index contributed by atoms with van der Waals surface area (Å²) in [5.74, 6) is 0.937. The van der Waals surface area contributed by atoms with Gasteiger partial charge in [-0.2, -0.15) is 0 Å². The molecule has 142 valence electrons. The molecule has 0 N–H and O–H groups in total. The number of carbonyl (C=O) groups excluding carboxylic acids is 1. The van der Waals surface area contributed by atoms with Crippen molar-refractivity contribution in [2.75, 3.05) is 7.11 Å². The fraction of sp³-hybridized carbons (Fsp3) is 0.158. The van der Waals surface area contributed by atoms with Gasteiger partial charge in [-0.15, -0.1) is 32.9 Å². The molecule has 4 aromatic rings. The summed E-state index contributed by atoms with van der Waals surface area (Å²) < 4.78 is 10.1. The molecule has 6 nitrogen and oxygen atoms in total. The van der Waals surface area contributed by atoms with E-state index in [1.165, 1.54) is 18.9 Å². The molecule has 0 saturated heterocycles. The number of thiophene rings is 1. The summed E-state index contributed by atoms with van der Waals surface area (Å²) in [4.78, 5) is 18.3. The quantitative estimate of drug-likeness (QED) is 0.304. The van der Waals surface area contributed by atoms with Gasteiger partial charge in [0.1, 0.15) is 21.5 Å². The average Bonchev–Trinajstić information content (AvgIpc) is 3.47. The van der Waals surface area contributed by atoms with Crippen LogP contribution in [0.25, 0.3) is 20.5 Å². The Morgan fingerprint density at radius 3 is 2.82 bits per heavy atom. The van der Waals surface area contributed by atoms with Crippen molar-refractivity contribution in [1.82, 2.24) is 15.2 Å². The highest BCUT2D eigenvalue weighted by atomic mass is 32.2. The number of thiazole rings is 1. The molecule has 4 aromatic heterocycles. The van der Waals surface area contributed by atoms with E-state index in [1.807, 2.05) is 30.5 Å². The van der Waals surface area contributed by atoms with Crippen LogP contribution in [0.5, 0.6) is 0 Å². The number of ether oxygens (including phenoxy) is 1. The molecule has 0 aliphatic heterocycles. The zero-order chi connectivity index (χ0) is 19.5. The third-order valence-corrected chi connectivity index (χ3v) is 6.97. The maximum Gasteiger partial charge on any atom is 0.373 e. The highest BCUT2D eigenvalue weighted by Crippen LogP contribution is 2.36. The van der Waals surface area contributed by atoms with Gasteiger partial charge in [-0.05, 0) is 42.6 Å². The molecule has 0 aliphatic carbocycles. The van der Waals surface area contributed by atoms with Crippen molar-refractivity contribution in [1.29, 1.82) is 0 Å². The molecular formula is C19H15N3O3S3. The van der Waals surface area contributed by atoms with Crippen molar-refractivity contribution in [2.45, 2.75) is 17.7 Å². The molecule has 9 heteroatoms. The zero-order valence-electron chi connectivity index (χ0n) is 15.0. The third-order valence-electron chi connectivity index (χ3n) is 3.81. The van der Waals surface area contributed by atoms with Crippen molar-refractivity contribution in [2.24, 2.45) is 0 Å². The summed E-state index contributed by atoms with van der Waals surface area (Å²) in [6.45, 7) is 1.99. The highest BCUT2D eigenvalue weighted by Gasteiger charge is 2.14. The van der Waals surface area contributed by atoms with Crippen LogP contribution in [-0.4, -0.2) is 28.3 Å². The number of nitrogens with zero attached hydrogens (tertiary/aromatic N) is 3. The average molecular weight is 430 g/mol. The Hall–Kier alpha value is -2.49. The maximum absolute atomic E-state index is 11.4. The monoisotopic (exact) mass is 429 g/mol. The number of hydrogen-bond acceptors (Lipinski definition) is 9. The first kappa shape index (κ1) is 18.9. The number of aryl methyl sites for hydroxylation is 1. The molecule has 4 heterocycles. The molecule has 0 radical (unpaired) electrons. The van der Waals surface area contributed by atoms with Gasteiger partial charge in [-0.1, -0.05) is 17.8 Å². The predicted octanol–water partition coefficient (Wildman–Crippen LogP) is 5.31. The Morgan fingerprint density at radius 2 is 2.11 bits per heavy atom. The molecule has 0 fully saturated rings. The second-order valence-electron chi connectivity index (χ2n) is 5.71. The molecule has 0 unspecified atom stereocenters. The van der Waals surface area contributed by atoms with E-state index in [9.17, 15) is 4.79 Å². The van der Waals surface area contributed by atoms with E-state index in [1.54, 1.807) is 34.8 Å². The Labute approximate surface area is 173 Å². The first-order valence-corrected chi connectivity index (χ1v) is 11.0. The lowest BCUT2D eigenvalue weighted by Crippen LogP contribution is -1.98. The lowest BCUT2D eigenvalue weighted by Gasteiger charge is -2.00. The molecule has 0 atom stereocenters. The number of carbonyl (C=O) groups is 1. The number of aromatic nitrogens is 3. The summed E-state index contributed by atoms with van der Waals surface area (Å²) in [5, 5.41) is 12.5. The first-order valence-electron chi connectivity index (χ1n) is 8.29. The van der Waals surface area contributed by atoms with Gasteiger partial charge in [0.05, 0.1) is 28.3 Å². The SMILES string of the molecule is COC(=O)c1ccc(CSc2ccc(-c3sc(-c4cccs4)nc3C)nn2)o1. The molecule has 0 bridgehead atoms. The number of thioether (sulfide) groups is 1. The fourth-order valence-corrected chi connectivity index (χ4v) is 5.00. The van der Waals surface area contributed by atoms with Gasteiger partial charge >= 0.3 is 5.97 Å². The molecule has 0 aromatic carbocycles. The van der Waals surface area contributed by atoms with Gasteiger partial charge in [0, 0.05) is 0 Å². The minimum absolute atomic E-state index is 0.196. The zero-order valence-corrected chi connectivity index (χ0v) is 17.5. The largest absolute Gasteiger partial charge is 0.463 e. The summed E-state index contributed by atoms with van der Waals surface area (Å²) >= 11 is 4.79. The Bertz CT molecular complexity index is 1090. The van der Waals surface area contributed by atoms with Gasteiger partial charge < -0.3 is 9.15 Å². The maximum atomic E-state index is 11.4. The summed E-state index contributed by atoms with van der Waals surface area (Å²) in [6.07, 6.45) is 0. The smallest absolute Gasteiger partial charge is 0.373 e. The molecule has 28 heavy (non-hydrogen) atoms. The Morgan fingerprint density at radius 1 is 1.21 bits per heavy atom. The van der Waals surface area contributed by atoms with Gasteiger partial charge in [0.2, 0.25) is 5.76 Å². The second kappa shape index (κ2) is 8.26. The van der Waals surface area contributed by atoms with Gasteiger partial charge in [0.15, 0.2) is 0 Å². The van der Waals surface area contributed by atoms with E-state index in [2.05, 4.69) is 26.0 Å². The molecule has 4 rings (SSSR count). The number of hydrogen-bond donors (Lipinski definition) is 0. The second-order valence-corrected chi connectivity index (χ2v) is 8.66. The minimum Gasteiger partial charge on any atom is -0.463 e. The summed E-state index contributed by atoms with van der Waals surface area (Å²) in [7, 11) is 1.32. The van der Waals surface area contributed by atoms with Crippen LogP contribution in [0.15, 0.2) is 51.2 Å². The van der Waals surface area contributed by atoms with Crippen LogP contribution in [0, 0.1) is 6.92 Å². The van der Waals surface area contributed by atoms with Gasteiger partial charge in [0.25, 0.3) is 0 Å². The van der Waals surface area contributed by atoms with Crippen LogP contribution in [0.2, 0.25) is 0 Å². The van der Waals surface area contributed by atoms with Crippen LogP contribution in [-0.2, 0) is 10.5 Å². The summed E-state index contributed by atoms with van der Waals surface area (Å²) in [5.41, 5.74) is 1.77.